The van der Waals surface area contributed by atoms with Gasteiger partial charge in [0, 0.05) is 50.1 Å². The zero-order chi connectivity index (χ0) is 25.2. The van der Waals surface area contributed by atoms with Crippen molar-refractivity contribution in [1.82, 2.24) is 29.7 Å². The van der Waals surface area contributed by atoms with Crippen LogP contribution < -0.4 is 15.0 Å². The standard InChI is InChI=1S/C24H26F2N8O2/c1-14-10-16-12-27-24(31-20(16)22(29-14)34-8-6-17(35-3)7-9-34)30-18-5-4-15(11-19(18)36-23(25)26)21-32-28-13-33(21)2/h4-5,10-13,17,23H,6-9H2,1-3H3,(H,27,30,31). The summed E-state index contributed by atoms with van der Waals surface area (Å²) in [4.78, 5) is 16.1. The lowest BCUT2D eigenvalue weighted by atomic mass is 10.1. The lowest BCUT2D eigenvalue weighted by Gasteiger charge is -2.32. The number of aryl methyl sites for hydroxylation is 2. The molecule has 10 nitrogen and oxygen atoms in total. The van der Waals surface area contributed by atoms with Gasteiger partial charge in [-0.1, -0.05) is 0 Å². The van der Waals surface area contributed by atoms with Crippen LogP contribution in [0.4, 0.5) is 26.2 Å². The number of ether oxygens (including phenoxy) is 2. The predicted molar refractivity (Wildman–Crippen MR) is 131 cm³/mol. The molecule has 0 aliphatic carbocycles. The molecule has 1 aliphatic heterocycles. The van der Waals surface area contributed by atoms with Crippen molar-refractivity contribution in [2.24, 2.45) is 7.05 Å². The van der Waals surface area contributed by atoms with E-state index < -0.39 is 6.61 Å². The number of nitrogens with one attached hydrogen (secondary N) is 1. The molecule has 0 atom stereocenters. The van der Waals surface area contributed by atoms with Crippen molar-refractivity contribution < 1.29 is 18.3 Å². The Balaban J connectivity index is 1.49. The summed E-state index contributed by atoms with van der Waals surface area (Å²) in [5.74, 6) is 1.47. The fraction of sp³-hybridized carbons (Fsp3) is 0.375. The van der Waals surface area contributed by atoms with E-state index >= 15 is 0 Å². The SMILES string of the molecule is COC1CCN(c2nc(C)cc3cnc(Nc4ccc(-c5nncn5C)cc4OC(F)F)nc23)CC1. The van der Waals surface area contributed by atoms with Crippen molar-refractivity contribution in [3.63, 3.8) is 0 Å². The number of methoxy groups -OCH3 is 1. The van der Waals surface area contributed by atoms with Crippen LogP contribution in [0.2, 0.25) is 0 Å². The topological polar surface area (TPSA) is 103 Å². The molecule has 1 saturated heterocycles. The molecule has 0 spiro atoms. The molecule has 0 radical (unpaired) electrons. The first-order valence-electron chi connectivity index (χ1n) is 11.5. The third-order valence-corrected chi connectivity index (χ3v) is 6.16. The van der Waals surface area contributed by atoms with Gasteiger partial charge in [0.2, 0.25) is 5.95 Å². The van der Waals surface area contributed by atoms with E-state index in [-0.39, 0.29) is 17.8 Å². The number of benzene rings is 1. The Morgan fingerprint density at radius 2 is 1.94 bits per heavy atom. The first-order chi connectivity index (χ1) is 17.4. The molecular formula is C24H26F2N8O2. The van der Waals surface area contributed by atoms with E-state index in [0.717, 1.165) is 42.8 Å². The highest BCUT2D eigenvalue weighted by Crippen LogP contribution is 2.34. The molecule has 36 heavy (non-hydrogen) atoms. The quantitative estimate of drug-likeness (QED) is 0.405. The van der Waals surface area contributed by atoms with Crippen LogP contribution >= 0.6 is 0 Å². The number of halogens is 2. The van der Waals surface area contributed by atoms with Gasteiger partial charge in [-0.25, -0.2) is 15.0 Å². The van der Waals surface area contributed by atoms with Gasteiger partial charge in [0.05, 0.1) is 11.8 Å². The van der Waals surface area contributed by atoms with Crippen molar-refractivity contribution in [3.8, 4) is 17.1 Å². The molecule has 1 aliphatic rings. The number of fused-ring (bicyclic) bond motifs is 1. The first kappa shape index (κ1) is 23.8. The van der Waals surface area contributed by atoms with Gasteiger partial charge in [0.15, 0.2) is 11.6 Å². The lowest BCUT2D eigenvalue weighted by molar-refractivity contribution is -0.0493. The van der Waals surface area contributed by atoms with Crippen LogP contribution in [0, 0.1) is 6.92 Å². The second-order valence-electron chi connectivity index (χ2n) is 8.62. The highest BCUT2D eigenvalue weighted by atomic mass is 19.3. The molecule has 3 aromatic heterocycles. The molecule has 188 valence electrons. The van der Waals surface area contributed by atoms with Crippen molar-refractivity contribution in [2.75, 3.05) is 30.4 Å². The summed E-state index contributed by atoms with van der Waals surface area (Å²) in [6.45, 7) is 0.523. The lowest BCUT2D eigenvalue weighted by Crippen LogP contribution is -2.37. The van der Waals surface area contributed by atoms with E-state index in [0.29, 0.717) is 22.6 Å². The van der Waals surface area contributed by atoms with E-state index in [2.05, 4.69) is 25.4 Å². The van der Waals surface area contributed by atoms with Crippen LogP contribution in [0.15, 0.2) is 36.8 Å². The minimum atomic E-state index is -3.01. The smallest absolute Gasteiger partial charge is 0.387 e. The van der Waals surface area contributed by atoms with Crippen LogP contribution in [0.5, 0.6) is 5.75 Å². The molecule has 0 unspecified atom stereocenters. The molecule has 0 bridgehead atoms. The summed E-state index contributed by atoms with van der Waals surface area (Å²) < 4.78 is 38.4. The average Bonchev–Trinajstić information content (AvgIpc) is 3.30. The zero-order valence-electron chi connectivity index (χ0n) is 20.2. The molecule has 4 aromatic rings. The molecule has 0 saturated carbocycles. The van der Waals surface area contributed by atoms with Crippen molar-refractivity contribution in [1.29, 1.82) is 0 Å². The first-order valence-corrected chi connectivity index (χ1v) is 11.5. The van der Waals surface area contributed by atoms with Gasteiger partial charge >= 0.3 is 6.61 Å². The molecule has 0 amide bonds. The fourth-order valence-corrected chi connectivity index (χ4v) is 4.36. The van der Waals surface area contributed by atoms with Crippen molar-refractivity contribution >= 4 is 28.4 Å². The van der Waals surface area contributed by atoms with Crippen LogP contribution in [0.3, 0.4) is 0 Å². The van der Waals surface area contributed by atoms with E-state index in [1.165, 1.54) is 12.4 Å². The fourth-order valence-electron chi connectivity index (χ4n) is 4.36. The predicted octanol–water partition coefficient (Wildman–Crippen LogP) is 4.09. The summed E-state index contributed by atoms with van der Waals surface area (Å²) in [6, 6.07) is 6.77. The van der Waals surface area contributed by atoms with Gasteiger partial charge in [0.25, 0.3) is 0 Å². The second kappa shape index (κ2) is 9.97. The molecule has 5 rings (SSSR count). The maximum Gasteiger partial charge on any atom is 0.387 e. The highest BCUT2D eigenvalue weighted by Gasteiger charge is 2.23. The molecular weight excluding hydrogens is 470 g/mol. The molecule has 1 aromatic carbocycles. The molecule has 1 N–H and O–H groups in total. The number of pyridine rings is 1. The number of hydrogen-bond donors (Lipinski definition) is 1. The van der Waals surface area contributed by atoms with Gasteiger partial charge in [-0.15, -0.1) is 10.2 Å². The number of alkyl halides is 2. The maximum absolute atomic E-state index is 13.2. The molecule has 12 heteroatoms. The third kappa shape index (κ3) is 4.89. The van der Waals surface area contributed by atoms with E-state index in [1.807, 2.05) is 13.0 Å². The number of rotatable bonds is 7. The Hall–Kier alpha value is -3.93. The highest BCUT2D eigenvalue weighted by molar-refractivity contribution is 5.89. The number of anilines is 3. The van der Waals surface area contributed by atoms with Gasteiger partial charge in [-0.3, -0.25) is 0 Å². The van der Waals surface area contributed by atoms with E-state index in [9.17, 15) is 8.78 Å². The van der Waals surface area contributed by atoms with Gasteiger partial charge in [-0.2, -0.15) is 8.78 Å². The Morgan fingerprint density at radius 1 is 1.14 bits per heavy atom. The van der Waals surface area contributed by atoms with Crippen LogP contribution in [-0.4, -0.2) is 62.6 Å². The Kier molecular flexibility index (Phi) is 6.59. The second-order valence-corrected chi connectivity index (χ2v) is 8.62. The third-order valence-electron chi connectivity index (χ3n) is 6.16. The minimum Gasteiger partial charge on any atom is -0.433 e. The van der Waals surface area contributed by atoms with Crippen molar-refractivity contribution in [2.45, 2.75) is 32.5 Å². The summed E-state index contributed by atoms with van der Waals surface area (Å²) in [5, 5.41) is 11.7. The molecule has 4 heterocycles. The summed E-state index contributed by atoms with van der Waals surface area (Å²) in [7, 11) is 3.50. The maximum atomic E-state index is 13.2. The van der Waals surface area contributed by atoms with Gasteiger partial charge < -0.3 is 24.3 Å². The number of piperidine rings is 1. The van der Waals surface area contributed by atoms with E-state index in [1.54, 1.807) is 37.1 Å². The zero-order valence-corrected chi connectivity index (χ0v) is 20.2. The Bertz CT molecular complexity index is 1370. The van der Waals surface area contributed by atoms with Crippen LogP contribution in [0.25, 0.3) is 22.3 Å². The Labute approximate surface area is 206 Å². The Morgan fingerprint density at radius 3 is 2.64 bits per heavy atom. The summed E-state index contributed by atoms with van der Waals surface area (Å²) in [5.41, 5.74) is 2.42. The van der Waals surface area contributed by atoms with E-state index in [4.69, 9.17) is 19.4 Å². The van der Waals surface area contributed by atoms with Gasteiger partial charge in [0.1, 0.15) is 17.6 Å². The number of hydrogen-bond acceptors (Lipinski definition) is 9. The number of aromatic nitrogens is 6. The van der Waals surface area contributed by atoms with Crippen molar-refractivity contribution in [3.05, 3.63) is 42.5 Å². The minimum absolute atomic E-state index is 0.0573. The molecule has 1 fully saturated rings. The normalized spacial score (nSPS) is 14.6. The largest absolute Gasteiger partial charge is 0.433 e. The van der Waals surface area contributed by atoms with Crippen LogP contribution in [0.1, 0.15) is 18.5 Å². The monoisotopic (exact) mass is 496 g/mol. The van der Waals surface area contributed by atoms with Crippen LogP contribution in [-0.2, 0) is 11.8 Å². The average molecular weight is 497 g/mol. The summed E-state index contributed by atoms with van der Waals surface area (Å²) >= 11 is 0. The summed E-state index contributed by atoms with van der Waals surface area (Å²) in [6.07, 6.45) is 5.27. The number of nitrogens with zero attached hydrogens (tertiary/aromatic N) is 7. The van der Waals surface area contributed by atoms with Gasteiger partial charge in [-0.05, 0) is 44.0 Å².